The second kappa shape index (κ2) is 16.3. The van der Waals surface area contributed by atoms with Gasteiger partial charge in [-0.25, -0.2) is 4.68 Å². The third-order valence-corrected chi connectivity index (χ3v) is 10.00. The van der Waals surface area contributed by atoms with Crippen LogP contribution in [0.1, 0.15) is 62.7 Å². The van der Waals surface area contributed by atoms with Crippen molar-refractivity contribution in [2.24, 2.45) is 10.2 Å². The van der Waals surface area contributed by atoms with Crippen molar-refractivity contribution in [3.8, 4) is 11.8 Å². The Morgan fingerprint density at radius 1 is 1.02 bits per heavy atom. The molecule has 0 atom stereocenters. The Hall–Kier alpha value is -5.00. The summed E-state index contributed by atoms with van der Waals surface area (Å²) in [6, 6.07) is 17.0. The van der Waals surface area contributed by atoms with E-state index in [0.717, 1.165) is 6.07 Å². The lowest BCUT2D eigenvalue weighted by atomic mass is 9.90. The average molecular weight is 830 g/mol. The number of hydrogen-bond donors (Lipinski definition) is 4. The Balaban J connectivity index is 1.75. The molecule has 53 heavy (non-hydrogen) atoms. The molecule has 3 aromatic carbocycles. The van der Waals surface area contributed by atoms with Crippen LogP contribution in [0.15, 0.2) is 80.3 Å². The van der Waals surface area contributed by atoms with Gasteiger partial charge in [-0.15, -0.1) is 10.2 Å². The predicted molar refractivity (Wildman–Crippen MR) is 203 cm³/mol. The van der Waals surface area contributed by atoms with Crippen molar-refractivity contribution < 1.29 is 35.5 Å². The third kappa shape index (κ3) is 10.3. The summed E-state index contributed by atoms with van der Waals surface area (Å²) in [6.07, 6.45) is 0.172. The maximum Gasteiger partial charge on any atom is 0.295 e. The molecule has 0 bridgehead atoms. The molecule has 0 saturated carbocycles. The van der Waals surface area contributed by atoms with Gasteiger partial charge in [0.25, 0.3) is 26.1 Å². The van der Waals surface area contributed by atoms with Crippen LogP contribution >= 0.6 is 15.9 Å². The molecule has 0 aliphatic carbocycles. The van der Waals surface area contributed by atoms with Crippen molar-refractivity contribution in [3.63, 3.8) is 0 Å². The zero-order valence-corrected chi connectivity index (χ0v) is 32.5. The van der Waals surface area contributed by atoms with Crippen molar-refractivity contribution in [1.82, 2.24) is 9.78 Å². The number of benzene rings is 3. The summed E-state index contributed by atoms with van der Waals surface area (Å²) >= 11 is 3.51. The molecule has 4 rings (SSSR count). The van der Waals surface area contributed by atoms with Crippen LogP contribution in [0, 0.1) is 11.3 Å². The predicted octanol–water partition coefficient (Wildman–Crippen LogP) is 6.78. The molecule has 4 N–H and O–H groups in total. The van der Waals surface area contributed by atoms with Crippen LogP contribution in [-0.2, 0) is 30.4 Å². The lowest BCUT2D eigenvalue weighted by Crippen LogP contribution is -2.25. The maximum absolute atomic E-state index is 13.0. The van der Waals surface area contributed by atoms with Gasteiger partial charge in [0.1, 0.15) is 22.2 Å². The number of rotatable bonds is 13. The van der Waals surface area contributed by atoms with E-state index in [4.69, 9.17) is 9.65 Å². The normalized spacial score (nSPS) is 12.1. The highest BCUT2D eigenvalue weighted by molar-refractivity contribution is 9.10. The van der Waals surface area contributed by atoms with Gasteiger partial charge in [0.15, 0.2) is 5.82 Å². The largest absolute Gasteiger partial charge is 0.372 e. The quantitative estimate of drug-likeness (QED) is 0.0809. The molecular weight excluding hydrogens is 792 g/mol. The van der Waals surface area contributed by atoms with Gasteiger partial charge in [0, 0.05) is 41.3 Å². The molecule has 1 heterocycles. The Labute approximate surface area is 315 Å². The van der Waals surface area contributed by atoms with Gasteiger partial charge in [-0.05, 0) is 77.8 Å². The number of nitrogens with one attached hydrogen (secondary N) is 2. The highest BCUT2D eigenvalue weighted by atomic mass is 79.9. The number of anilines is 3. The fourth-order valence-corrected chi connectivity index (χ4v) is 6.97. The van der Waals surface area contributed by atoms with Crippen LogP contribution in [-0.4, -0.2) is 66.4 Å². The minimum Gasteiger partial charge on any atom is -0.372 e. The molecule has 0 radical (unpaired) electrons. The maximum atomic E-state index is 13.0. The highest BCUT2D eigenvalue weighted by Gasteiger charge is 2.29. The van der Waals surface area contributed by atoms with Gasteiger partial charge in [-0.3, -0.25) is 18.7 Å². The fourth-order valence-electron chi connectivity index (χ4n) is 5.24. The monoisotopic (exact) mass is 828 g/mol. The van der Waals surface area contributed by atoms with Gasteiger partial charge in [0.05, 0.1) is 28.4 Å². The van der Waals surface area contributed by atoms with Crippen molar-refractivity contribution in [3.05, 3.63) is 82.0 Å². The number of hydrogen-bond acceptors (Lipinski definition) is 11. The van der Waals surface area contributed by atoms with E-state index in [0.29, 0.717) is 40.3 Å². The average Bonchev–Trinajstić information content (AvgIpc) is 3.44. The Bertz CT molecular complexity index is 2350. The fraction of sp³-hybridized carbons (Fsp3) is 0.294. The number of azo groups is 1. The van der Waals surface area contributed by atoms with E-state index >= 15 is 0 Å². The SMILES string of the molecule is CCN(CCCS(=O)(=O)O)c1ccc(N=Nc2c(C#N)c(C(C)(C)C)nn2-c2ccc(NC(=O)c3ccccc3S(=O)(=O)O)cc2Br)c(NC(C)=O)c1. The van der Waals surface area contributed by atoms with Crippen LogP contribution in [0.3, 0.4) is 0 Å². The molecule has 0 spiro atoms. The summed E-state index contributed by atoms with van der Waals surface area (Å²) in [4.78, 5) is 26.5. The van der Waals surface area contributed by atoms with Gasteiger partial charge in [-0.2, -0.15) is 27.2 Å². The van der Waals surface area contributed by atoms with Crippen LogP contribution < -0.4 is 15.5 Å². The Morgan fingerprint density at radius 3 is 2.30 bits per heavy atom. The van der Waals surface area contributed by atoms with Gasteiger partial charge >= 0.3 is 0 Å². The number of amides is 2. The molecule has 1 aromatic heterocycles. The standard InChI is InChI=1S/C34H37BrN8O8S2/c1-6-42(16-9-17-52(46,47)48)23-13-14-27(28(19-23)37-21(2)44)39-40-32-25(20-36)31(34(3,4)5)41-43(32)29-15-12-22(18-26(29)35)38-33(45)24-10-7-8-11-30(24)53(49,50)51/h7-8,10-15,18-19H,6,9,16-17H2,1-5H3,(H,37,44)(H,38,45)(H,46,47,48)(H,49,50,51). The van der Waals surface area contributed by atoms with Crippen LogP contribution in [0.4, 0.5) is 28.6 Å². The first-order valence-electron chi connectivity index (χ1n) is 16.0. The van der Waals surface area contributed by atoms with Crippen LogP contribution in [0.2, 0.25) is 0 Å². The number of halogens is 1. The first kappa shape index (κ1) is 40.8. The molecule has 0 unspecified atom stereocenters. The van der Waals surface area contributed by atoms with Gasteiger partial charge in [-0.1, -0.05) is 32.9 Å². The second-order valence-corrected chi connectivity index (χ2v) is 16.5. The summed E-state index contributed by atoms with van der Waals surface area (Å²) in [7, 11) is -8.79. The van der Waals surface area contributed by atoms with Gasteiger partial charge in [0.2, 0.25) is 5.91 Å². The van der Waals surface area contributed by atoms with Crippen LogP contribution in [0.25, 0.3) is 5.69 Å². The molecule has 280 valence electrons. The van der Waals surface area contributed by atoms with E-state index in [1.54, 1.807) is 24.3 Å². The second-order valence-electron chi connectivity index (χ2n) is 12.7. The molecule has 4 aromatic rings. The summed E-state index contributed by atoms with van der Waals surface area (Å²) in [5, 5.41) is 29.2. The Kier molecular flexibility index (Phi) is 12.6. The van der Waals surface area contributed by atoms with E-state index in [1.807, 2.05) is 32.6 Å². The molecule has 0 fully saturated rings. The van der Waals surface area contributed by atoms with Crippen LogP contribution in [0.5, 0.6) is 0 Å². The smallest absolute Gasteiger partial charge is 0.295 e. The summed E-state index contributed by atoms with van der Waals surface area (Å²) in [5.74, 6) is -1.51. The third-order valence-electron chi connectivity index (χ3n) is 7.65. The topological polar surface area (TPSA) is 237 Å². The van der Waals surface area contributed by atoms with E-state index < -0.39 is 42.2 Å². The number of carbonyl (C=O) groups excluding carboxylic acids is 2. The molecule has 2 amide bonds. The zero-order chi connectivity index (χ0) is 39.3. The van der Waals surface area contributed by atoms with Gasteiger partial charge < -0.3 is 15.5 Å². The molecule has 0 saturated heterocycles. The summed E-state index contributed by atoms with van der Waals surface area (Å²) in [6.45, 7) is 9.64. The number of carbonyl (C=O) groups is 2. The zero-order valence-electron chi connectivity index (χ0n) is 29.3. The van der Waals surface area contributed by atoms with E-state index in [1.165, 1.54) is 41.9 Å². The lowest BCUT2D eigenvalue weighted by Gasteiger charge is -2.24. The van der Waals surface area contributed by atoms with Crippen molar-refractivity contribution in [2.45, 2.75) is 51.3 Å². The minimum absolute atomic E-state index is 0.0650. The number of nitrogens with zero attached hydrogens (tertiary/aromatic N) is 6. The highest BCUT2D eigenvalue weighted by Crippen LogP contribution is 2.38. The van der Waals surface area contributed by atoms with E-state index in [-0.39, 0.29) is 40.6 Å². The molecule has 0 aliphatic heterocycles. The van der Waals surface area contributed by atoms with Crippen molar-refractivity contribution in [1.29, 1.82) is 5.26 Å². The van der Waals surface area contributed by atoms with Crippen molar-refractivity contribution >= 4 is 76.5 Å². The summed E-state index contributed by atoms with van der Waals surface area (Å²) < 4.78 is 66.6. The van der Waals surface area contributed by atoms with Crippen molar-refractivity contribution in [2.75, 3.05) is 34.4 Å². The lowest BCUT2D eigenvalue weighted by molar-refractivity contribution is -0.114. The number of nitriles is 1. The van der Waals surface area contributed by atoms with E-state index in [2.05, 4.69) is 42.9 Å². The van der Waals surface area contributed by atoms with E-state index in [9.17, 15) is 36.2 Å². The first-order valence-corrected chi connectivity index (χ1v) is 19.8. The summed E-state index contributed by atoms with van der Waals surface area (Å²) in [5.41, 5.74) is 1.56. The molecule has 19 heteroatoms. The molecular formula is C34H37BrN8O8S2. The minimum atomic E-state index is -4.67. The number of aromatic nitrogens is 2. The molecule has 0 aliphatic rings. The first-order chi connectivity index (χ1) is 24.7. The Morgan fingerprint density at radius 2 is 1.72 bits per heavy atom. The molecule has 16 nitrogen and oxygen atoms in total.